The molecule has 1 aliphatic heterocycles. The predicted molar refractivity (Wildman–Crippen MR) is 75.7 cm³/mol. The Morgan fingerprint density at radius 2 is 1.84 bits per heavy atom. The van der Waals surface area contributed by atoms with Crippen molar-refractivity contribution in [2.24, 2.45) is 7.05 Å². The van der Waals surface area contributed by atoms with Crippen LogP contribution in [0.3, 0.4) is 0 Å². The number of rotatable bonds is 2. The zero-order valence-corrected chi connectivity index (χ0v) is 11.6. The van der Waals surface area contributed by atoms with Gasteiger partial charge in [0, 0.05) is 51.4 Å². The van der Waals surface area contributed by atoms with Gasteiger partial charge in [-0.3, -0.25) is 4.90 Å². The third-order valence-electron chi connectivity index (χ3n) is 4.03. The van der Waals surface area contributed by atoms with Crippen molar-refractivity contribution in [1.29, 1.82) is 0 Å². The van der Waals surface area contributed by atoms with Crippen molar-refractivity contribution in [3.63, 3.8) is 0 Å². The molecule has 0 radical (unpaired) electrons. The Kier molecular flexibility index (Phi) is 3.29. The van der Waals surface area contributed by atoms with Gasteiger partial charge in [0.2, 0.25) is 0 Å². The Balaban J connectivity index is 1.89. The van der Waals surface area contributed by atoms with E-state index in [-0.39, 0.29) is 5.82 Å². The Labute approximate surface area is 113 Å². The molecule has 2 heterocycles. The highest BCUT2D eigenvalue weighted by molar-refractivity contribution is 5.84. The van der Waals surface area contributed by atoms with E-state index >= 15 is 0 Å². The molecule has 2 aromatic rings. The van der Waals surface area contributed by atoms with Crippen molar-refractivity contribution < 1.29 is 4.39 Å². The van der Waals surface area contributed by atoms with Crippen LogP contribution in [-0.4, -0.2) is 47.6 Å². The van der Waals surface area contributed by atoms with Crippen molar-refractivity contribution in [1.82, 2.24) is 14.4 Å². The molecule has 0 atom stereocenters. The Hall–Kier alpha value is -1.39. The van der Waals surface area contributed by atoms with E-state index in [1.807, 2.05) is 17.7 Å². The van der Waals surface area contributed by atoms with Gasteiger partial charge in [0.25, 0.3) is 0 Å². The molecule has 1 aromatic carbocycles. The number of benzene rings is 1. The smallest absolute Gasteiger partial charge is 0.132 e. The van der Waals surface area contributed by atoms with Crippen LogP contribution in [0.4, 0.5) is 4.39 Å². The van der Waals surface area contributed by atoms with Crippen LogP contribution in [0.1, 0.15) is 5.56 Å². The summed E-state index contributed by atoms with van der Waals surface area (Å²) in [5.41, 5.74) is 2.07. The van der Waals surface area contributed by atoms with E-state index in [1.54, 1.807) is 12.1 Å². The van der Waals surface area contributed by atoms with Crippen LogP contribution in [0, 0.1) is 5.82 Å². The van der Waals surface area contributed by atoms with Crippen LogP contribution < -0.4 is 0 Å². The Bertz CT molecular complexity index is 582. The van der Waals surface area contributed by atoms with E-state index in [4.69, 9.17) is 0 Å². The molecule has 1 aliphatic rings. The average molecular weight is 261 g/mol. The second kappa shape index (κ2) is 4.94. The molecule has 1 aromatic heterocycles. The van der Waals surface area contributed by atoms with E-state index in [1.165, 1.54) is 0 Å². The SMILES string of the molecule is CN1CCN(Cc2cn(C)c3cccc(F)c23)CC1. The summed E-state index contributed by atoms with van der Waals surface area (Å²) in [6.45, 7) is 5.13. The van der Waals surface area contributed by atoms with Gasteiger partial charge < -0.3 is 9.47 Å². The summed E-state index contributed by atoms with van der Waals surface area (Å²) in [6.07, 6.45) is 2.06. The first-order chi connectivity index (χ1) is 9.15. The highest BCUT2D eigenvalue weighted by Crippen LogP contribution is 2.25. The molecule has 1 saturated heterocycles. The largest absolute Gasteiger partial charge is 0.350 e. The number of hydrogen-bond acceptors (Lipinski definition) is 2. The first kappa shape index (κ1) is 12.6. The van der Waals surface area contributed by atoms with E-state index in [9.17, 15) is 4.39 Å². The Morgan fingerprint density at radius 1 is 1.11 bits per heavy atom. The highest BCUT2D eigenvalue weighted by Gasteiger charge is 2.17. The lowest BCUT2D eigenvalue weighted by Gasteiger charge is -2.32. The molecule has 3 rings (SSSR count). The van der Waals surface area contributed by atoms with Crippen molar-refractivity contribution >= 4 is 10.9 Å². The number of hydrogen-bond donors (Lipinski definition) is 0. The molecule has 4 heteroatoms. The third-order valence-corrected chi connectivity index (χ3v) is 4.03. The number of piperazine rings is 1. The molecule has 19 heavy (non-hydrogen) atoms. The van der Waals surface area contributed by atoms with Gasteiger partial charge in [-0.15, -0.1) is 0 Å². The molecule has 0 spiro atoms. The van der Waals surface area contributed by atoms with Crippen LogP contribution in [-0.2, 0) is 13.6 Å². The van der Waals surface area contributed by atoms with E-state index in [2.05, 4.69) is 23.0 Å². The molecule has 0 bridgehead atoms. The minimum atomic E-state index is -0.109. The van der Waals surface area contributed by atoms with Crippen LogP contribution in [0.25, 0.3) is 10.9 Å². The third kappa shape index (κ3) is 2.38. The van der Waals surface area contributed by atoms with Crippen LogP contribution in [0.2, 0.25) is 0 Å². The molecule has 0 saturated carbocycles. The standard InChI is InChI=1S/C15H20FN3/c1-17-6-8-19(9-7-17)11-12-10-18(2)14-5-3-4-13(16)15(12)14/h3-5,10H,6-9,11H2,1-2H3. The monoisotopic (exact) mass is 261 g/mol. The molecule has 0 unspecified atom stereocenters. The maximum atomic E-state index is 14.0. The molecule has 102 valence electrons. The number of fused-ring (bicyclic) bond motifs is 1. The van der Waals surface area contributed by atoms with Gasteiger partial charge in [0.1, 0.15) is 5.82 Å². The molecule has 0 N–H and O–H groups in total. The van der Waals surface area contributed by atoms with Crippen molar-refractivity contribution in [3.05, 3.63) is 35.8 Å². The lowest BCUT2D eigenvalue weighted by molar-refractivity contribution is 0.148. The van der Waals surface area contributed by atoms with Gasteiger partial charge >= 0.3 is 0 Å². The lowest BCUT2D eigenvalue weighted by atomic mass is 10.1. The number of likely N-dealkylation sites (N-methyl/N-ethyl adjacent to an activating group) is 1. The second-order valence-corrected chi connectivity index (χ2v) is 5.48. The molecule has 0 aliphatic carbocycles. The van der Waals surface area contributed by atoms with Crippen molar-refractivity contribution in [3.8, 4) is 0 Å². The summed E-state index contributed by atoms with van der Waals surface area (Å²) >= 11 is 0. The van der Waals surface area contributed by atoms with Gasteiger partial charge in [-0.1, -0.05) is 6.07 Å². The van der Waals surface area contributed by atoms with Crippen molar-refractivity contribution in [2.45, 2.75) is 6.54 Å². The number of halogens is 1. The average Bonchev–Trinajstić information content (AvgIpc) is 2.71. The number of aryl methyl sites for hydroxylation is 1. The fourth-order valence-electron chi connectivity index (χ4n) is 2.86. The zero-order chi connectivity index (χ0) is 13.4. The summed E-state index contributed by atoms with van der Waals surface area (Å²) < 4.78 is 16.1. The predicted octanol–water partition coefficient (Wildman–Crippen LogP) is 2.06. The summed E-state index contributed by atoms with van der Waals surface area (Å²) in [7, 11) is 4.13. The fraction of sp³-hybridized carbons (Fsp3) is 0.467. The normalized spacial score (nSPS) is 18.3. The van der Waals surface area contributed by atoms with Crippen LogP contribution in [0.5, 0.6) is 0 Å². The Morgan fingerprint density at radius 3 is 2.58 bits per heavy atom. The van der Waals surface area contributed by atoms with Gasteiger partial charge in [0.05, 0.1) is 5.52 Å². The lowest BCUT2D eigenvalue weighted by Crippen LogP contribution is -2.43. The maximum Gasteiger partial charge on any atom is 0.132 e. The summed E-state index contributed by atoms with van der Waals surface area (Å²) in [5.74, 6) is -0.109. The van der Waals surface area contributed by atoms with Gasteiger partial charge in [0.15, 0.2) is 0 Å². The quantitative estimate of drug-likeness (QED) is 0.820. The highest BCUT2D eigenvalue weighted by atomic mass is 19.1. The van der Waals surface area contributed by atoms with Gasteiger partial charge in [-0.2, -0.15) is 0 Å². The van der Waals surface area contributed by atoms with Gasteiger partial charge in [-0.05, 0) is 24.7 Å². The van der Waals surface area contributed by atoms with Crippen molar-refractivity contribution in [2.75, 3.05) is 33.2 Å². The first-order valence-corrected chi connectivity index (χ1v) is 6.78. The second-order valence-electron chi connectivity index (χ2n) is 5.48. The summed E-state index contributed by atoms with van der Waals surface area (Å²) in [4.78, 5) is 4.74. The topological polar surface area (TPSA) is 11.4 Å². The number of nitrogens with zero attached hydrogens (tertiary/aromatic N) is 3. The number of aromatic nitrogens is 1. The van der Waals surface area contributed by atoms with Crippen LogP contribution >= 0.6 is 0 Å². The molecular weight excluding hydrogens is 241 g/mol. The molecular formula is C15H20FN3. The minimum absolute atomic E-state index is 0.109. The first-order valence-electron chi connectivity index (χ1n) is 6.78. The summed E-state index contributed by atoms with van der Waals surface area (Å²) in [5, 5.41) is 0.781. The molecule has 0 amide bonds. The maximum absolute atomic E-state index is 14.0. The van der Waals surface area contributed by atoms with E-state index < -0.39 is 0 Å². The zero-order valence-electron chi connectivity index (χ0n) is 11.6. The molecule has 3 nitrogen and oxygen atoms in total. The van der Waals surface area contributed by atoms with E-state index in [0.29, 0.717) is 0 Å². The van der Waals surface area contributed by atoms with E-state index in [0.717, 1.165) is 49.2 Å². The minimum Gasteiger partial charge on any atom is -0.350 e. The summed E-state index contributed by atoms with van der Waals surface area (Å²) in [6, 6.07) is 5.30. The molecule has 1 fully saturated rings. The fourth-order valence-corrected chi connectivity index (χ4v) is 2.86. The van der Waals surface area contributed by atoms with Crippen LogP contribution in [0.15, 0.2) is 24.4 Å². The van der Waals surface area contributed by atoms with Gasteiger partial charge in [-0.25, -0.2) is 4.39 Å².